The quantitative estimate of drug-likeness (QED) is 0.596. The smallest absolute Gasteiger partial charge is 0.162 e. The minimum absolute atomic E-state index is 0.361. The Morgan fingerprint density at radius 2 is 1.74 bits per heavy atom. The van der Waals surface area contributed by atoms with Crippen LogP contribution in [0, 0.1) is 0 Å². The lowest BCUT2D eigenvalue weighted by molar-refractivity contribution is 0.356. The third kappa shape index (κ3) is 3.42. The van der Waals surface area contributed by atoms with Crippen LogP contribution in [0.5, 0.6) is 11.5 Å². The second-order valence-corrected chi connectivity index (χ2v) is 6.68. The van der Waals surface area contributed by atoms with Crippen LogP contribution in [0.3, 0.4) is 0 Å². The van der Waals surface area contributed by atoms with E-state index >= 15 is 0 Å². The summed E-state index contributed by atoms with van der Waals surface area (Å²) in [6.45, 7) is 0. The van der Waals surface area contributed by atoms with Crippen LogP contribution in [-0.2, 0) is 0 Å². The molecule has 0 spiro atoms. The molecule has 0 aliphatic rings. The zero-order chi connectivity index (χ0) is 16.4. The first-order chi connectivity index (χ1) is 11.1. The maximum Gasteiger partial charge on any atom is 0.162 e. The molecule has 7 heteroatoms. The van der Waals surface area contributed by atoms with Gasteiger partial charge in [0, 0.05) is 16.3 Å². The van der Waals surface area contributed by atoms with Gasteiger partial charge in [0.15, 0.2) is 17.3 Å². The van der Waals surface area contributed by atoms with Crippen molar-refractivity contribution >= 4 is 57.6 Å². The Kier molecular flexibility index (Phi) is 4.71. The van der Waals surface area contributed by atoms with Gasteiger partial charge in [0.25, 0.3) is 0 Å². The van der Waals surface area contributed by atoms with Gasteiger partial charge in [0.2, 0.25) is 0 Å². The molecule has 2 heterocycles. The van der Waals surface area contributed by atoms with Crippen LogP contribution in [0.4, 0.5) is 0 Å². The predicted molar refractivity (Wildman–Crippen MR) is 95.9 cm³/mol. The summed E-state index contributed by atoms with van der Waals surface area (Å²) in [6, 6.07) is 7.32. The first kappa shape index (κ1) is 16.1. The van der Waals surface area contributed by atoms with Crippen molar-refractivity contribution in [3.63, 3.8) is 0 Å². The molecule has 0 N–H and O–H groups in total. The van der Waals surface area contributed by atoms with Crippen molar-refractivity contribution in [1.29, 1.82) is 0 Å². The van der Waals surface area contributed by atoms with E-state index in [4.69, 9.17) is 32.7 Å². The third-order valence-electron chi connectivity index (χ3n) is 3.16. The molecule has 0 saturated heterocycles. The van der Waals surface area contributed by atoms with E-state index in [9.17, 15) is 0 Å². The lowest BCUT2D eigenvalue weighted by Crippen LogP contribution is -1.95. The maximum absolute atomic E-state index is 6.27. The molecule has 0 aliphatic heterocycles. The second kappa shape index (κ2) is 6.74. The summed E-state index contributed by atoms with van der Waals surface area (Å²) < 4.78 is 11.3. The van der Waals surface area contributed by atoms with Crippen molar-refractivity contribution < 1.29 is 9.47 Å². The third-order valence-corrected chi connectivity index (χ3v) is 4.65. The highest BCUT2D eigenvalue weighted by molar-refractivity contribution is 7.17. The number of hydrogen-bond acceptors (Lipinski definition) is 5. The topological polar surface area (TPSA) is 44.2 Å². The fourth-order valence-corrected chi connectivity index (χ4v) is 3.29. The summed E-state index contributed by atoms with van der Waals surface area (Å²) in [7, 11) is 3.15. The highest BCUT2D eigenvalue weighted by Crippen LogP contribution is 2.34. The van der Waals surface area contributed by atoms with Gasteiger partial charge in [-0.05, 0) is 30.4 Å². The first-order valence-electron chi connectivity index (χ1n) is 6.63. The van der Waals surface area contributed by atoms with Crippen molar-refractivity contribution in [3.8, 4) is 11.5 Å². The number of fused-ring (bicyclic) bond motifs is 1. The standard InChI is InChI=1S/C16H12Cl2N2O2S/c1-21-12-7-10-11(8-13(12)22-2)19-15(20-16(10)18)6-4-9-3-5-14(17)23-9/h3-8H,1-2H3/b6-4+. The van der Waals surface area contributed by atoms with Crippen molar-refractivity contribution in [1.82, 2.24) is 9.97 Å². The van der Waals surface area contributed by atoms with Crippen molar-refractivity contribution in [3.05, 3.63) is 44.5 Å². The van der Waals surface area contributed by atoms with Crippen LogP contribution < -0.4 is 9.47 Å². The van der Waals surface area contributed by atoms with E-state index in [0.29, 0.717) is 33.4 Å². The van der Waals surface area contributed by atoms with Crippen LogP contribution in [-0.4, -0.2) is 24.2 Å². The number of thiophene rings is 1. The van der Waals surface area contributed by atoms with E-state index in [1.54, 1.807) is 32.4 Å². The normalized spacial score (nSPS) is 11.3. The van der Waals surface area contributed by atoms with E-state index < -0.39 is 0 Å². The van der Waals surface area contributed by atoms with E-state index in [0.717, 1.165) is 9.21 Å². The van der Waals surface area contributed by atoms with Crippen LogP contribution in [0.2, 0.25) is 9.49 Å². The van der Waals surface area contributed by atoms with Crippen LogP contribution in [0.1, 0.15) is 10.7 Å². The number of hydrogen-bond donors (Lipinski definition) is 0. The highest BCUT2D eigenvalue weighted by atomic mass is 35.5. The van der Waals surface area contributed by atoms with Gasteiger partial charge in [-0.2, -0.15) is 0 Å². The molecule has 0 aliphatic carbocycles. The molecule has 118 valence electrons. The molecular formula is C16H12Cl2N2O2S. The number of halogens is 2. The Bertz CT molecular complexity index is 893. The summed E-state index contributed by atoms with van der Waals surface area (Å²) in [4.78, 5) is 9.81. The average molecular weight is 367 g/mol. The largest absolute Gasteiger partial charge is 0.493 e. The molecule has 4 nitrogen and oxygen atoms in total. The SMILES string of the molecule is COc1cc2nc(/C=C/c3ccc(Cl)s3)nc(Cl)c2cc1OC. The lowest BCUT2D eigenvalue weighted by Gasteiger charge is -2.09. The number of benzene rings is 1. The molecule has 1 aromatic carbocycles. The molecule has 0 bridgehead atoms. The number of rotatable bonds is 4. The van der Waals surface area contributed by atoms with Gasteiger partial charge in [0.05, 0.1) is 24.1 Å². The van der Waals surface area contributed by atoms with E-state index in [1.165, 1.54) is 11.3 Å². The lowest BCUT2D eigenvalue weighted by atomic mass is 10.2. The molecule has 0 saturated carbocycles. The minimum atomic E-state index is 0.361. The average Bonchev–Trinajstić information content (AvgIpc) is 2.97. The van der Waals surface area contributed by atoms with Crippen LogP contribution >= 0.6 is 34.5 Å². The Morgan fingerprint density at radius 3 is 2.39 bits per heavy atom. The zero-order valence-electron chi connectivity index (χ0n) is 12.3. The van der Waals surface area contributed by atoms with Crippen molar-refractivity contribution in [2.45, 2.75) is 0 Å². The molecule has 2 aromatic heterocycles. The van der Waals surface area contributed by atoms with Gasteiger partial charge in [-0.25, -0.2) is 9.97 Å². The van der Waals surface area contributed by atoms with Gasteiger partial charge in [-0.15, -0.1) is 11.3 Å². The zero-order valence-corrected chi connectivity index (χ0v) is 14.7. The fourth-order valence-electron chi connectivity index (χ4n) is 2.08. The minimum Gasteiger partial charge on any atom is -0.493 e. The fraction of sp³-hybridized carbons (Fsp3) is 0.125. The first-order valence-corrected chi connectivity index (χ1v) is 8.20. The van der Waals surface area contributed by atoms with E-state index in [-0.39, 0.29) is 0 Å². The number of ether oxygens (including phenoxy) is 2. The monoisotopic (exact) mass is 366 g/mol. The Hall–Kier alpha value is -1.82. The molecule has 0 atom stereocenters. The molecule has 0 radical (unpaired) electrons. The molecular weight excluding hydrogens is 355 g/mol. The van der Waals surface area contributed by atoms with Crippen molar-refractivity contribution in [2.24, 2.45) is 0 Å². The molecule has 0 unspecified atom stereocenters. The van der Waals surface area contributed by atoms with Gasteiger partial charge in [0.1, 0.15) is 5.15 Å². The highest BCUT2D eigenvalue weighted by Gasteiger charge is 2.11. The Labute approximate surface area is 147 Å². The van der Waals surface area contributed by atoms with Gasteiger partial charge in [-0.1, -0.05) is 23.2 Å². The van der Waals surface area contributed by atoms with E-state index in [2.05, 4.69) is 9.97 Å². The molecule has 3 rings (SSSR count). The maximum atomic E-state index is 6.27. The van der Waals surface area contributed by atoms with Gasteiger partial charge in [-0.3, -0.25) is 0 Å². The number of methoxy groups -OCH3 is 2. The molecule has 3 aromatic rings. The van der Waals surface area contributed by atoms with E-state index in [1.807, 2.05) is 18.2 Å². The number of nitrogens with zero attached hydrogens (tertiary/aromatic N) is 2. The Balaban J connectivity index is 2.04. The second-order valence-electron chi connectivity index (χ2n) is 4.57. The molecule has 0 fully saturated rings. The summed E-state index contributed by atoms with van der Waals surface area (Å²) in [5, 5.41) is 1.07. The van der Waals surface area contributed by atoms with Crippen LogP contribution in [0.15, 0.2) is 24.3 Å². The predicted octanol–water partition coefficient (Wildman–Crippen LogP) is 5.19. The number of aromatic nitrogens is 2. The summed E-state index contributed by atoms with van der Waals surface area (Å²) in [5.74, 6) is 1.69. The van der Waals surface area contributed by atoms with Gasteiger partial charge >= 0.3 is 0 Å². The van der Waals surface area contributed by atoms with Crippen molar-refractivity contribution in [2.75, 3.05) is 14.2 Å². The summed E-state index contributed by atoms with van der Waals surface area (Å²) >= 11 is 13.7. The molecule has 23 heavy (non-hydrogen) atoms. The van der Waals surface area contributed by atoms with Crippen LogP contribution in [0.25, 0.3) is 23.1 Å². The Morgan fingerprint density at radius 1 is 1.00 bits per heavy atom. The van der Waals surface area contributed by atoms with Gasteiger partial charge < -0.3 is 9.47 Å². The summed E-state index contributed by atoms with van der Waals surface area (Å²) in [6.07, 6.45) is 3.69. The molecule has 0 amide bonds. The summed E-state index contributed by atoms with van der Waals surface area (Å²) in [5.41, 5.74) is 0.687.